The summed E-state index contributed by atoms with van der Waals surface area (Å²) in [7, 11) is 0. The SMILES string of the molecule is CSc1ncc2c(n1)C[C@@]1(CCCc3ccc(N(Cc4ccccc4)Cc4ccccc4)c(C#N)c31)OC2. The molecular weight excluding hydrogens is 488 g/mol. The minimum Gasteiger partial charge on any atom is -0.365 e. The first-order chi connectivity index (χ1) is 18.7. The summed E-state index contributed by atoms with van der Waals surface area (Å²) in [5.74, 6) is 0. The number of ether oxygens (including phenoxy) is 1. The zero-order chi connectivity index (χ0) is 26.0. The number of hydrogen-bond acceptors (Lipinski definition) is 6. The van der Waals surface area contributed by atoms with Gasteiger partial charge in [0.05, 0.1) is 23.6 Å². The molecule has 2 heterocycles. The highest BCUT2D eigenvalue weighted by atomic mass is 32.2. The van der Waals surface area contributed by atoms with E-state index in [2.05, 4.69) is 76.6 Å². The van der Waals surface area contributed by atoms with Crippen molar-refractivity contribution in [3.05, 3.63) is 118 Å². The third kappa shape index (κ3) is 4.69. The van der Waals surface area contributed by atoms with E-state index in [1.54, 1.807) is 11.8 Å². The number of fused-ring (bicyclic) bond motifs is 3. The van der Waals surface area contributed by atoms with E-state index in [4.69, 9.17) is 9.72 Å². The van der Waals surface area contributed by atoms with Crippen molar-refractivity contribution in [2.75, 3.05) is 11.2 Å². The van der Waals surface area contributed by atoms with E-state index in [1.807, 2.05) is 24.6 Å². The Bertz CT molecular complexity index is 1440. The highest BCUT2D eigenvalue weighted by Crippen LogP contribution is 2.48. The number of thioether (sulfide) groups is 1. The number of nitriles is 1. The number of anilines is 1. The Hall–Kier alpha value is -3.66. The Labute approximate surface area is 228 Å². The van der Waals surface area contributed by atoms with Gasteiger partial charge in [0.15, 0.2) is 5.16 Å². The molecule has 0 saturated heterocycles. The molecule has 4 aromatic rings. The fourth-order valence-corrected chi connectivity index (χ4v) is 6.28. The highest BCUT2D eigenvalue weighted by molar-refractivity contribution is 7.98. The van der Waals surface area contributed by atoms with Gasteiger partial charge in [0.1, 0.15) is 11.7 Å². The molecule has 1 aliphatic heterocycles. The molecule has 1 aromatic heterocycles. The summed E-state index contributed by atoms with van der Waals surface area (Å²) < 4.78 is 6.69. The quantitative estimate of drug-likeness (QED) is 0.212. The van der Waals surface area contributed by atoms with Crippen molar-refractivity contribution >= 4 is 17.4 Å². The Morgan fingerprint density at radius 2 is 1.68 bits per heavy atom. The molecule has 1 aliphatic carbocycles. The molecule has 190 valence electrons. The molecule has 2 aliphatic rings. The average Bonchev–Trinajstić information content (AvgIpc) is 2.97. The van der Waals surface area contributed by atoms with Gasteiger partial charge in [-0.15, -0.1) is 0 Å². The first-order valence-electron chi connectivity index (χ1n) is 13.1. The van der Waals surface area contributed by atoms with Gasteiger partial charge in [-0.1, -0.05) is 78.5 Å². The number of aromatic nitrogens is 2. The van der Waals surface area contributed by atoms with E-state index in [-0.39, 0.29) is 0 Å². The van der Waals surface area contributed by atoms with Crippen LogP contribution in [0.1, 0.15) is 51.9 Å². The molecule has 0 N–H and O–H groups in total. The maximum absolute atomic E-state index is 10.7. The van der Waals surface area contributed by atoms with Gasteiger partial charge < -0.3 is 9.64 Å². The Balaban J connectivity index is 1.46. The molecule has 0 bridgehead atoms. The smallest absolute Gasteiger partial charge is 0.187 e. The number of rotatable bonds is 6. The molecule has 0 fully saturated rings. The number of nitrogens with zero attached hydrogens (tertiary/aromatic N) is 4. The van der Waals surface area contributed by atoms with Crippen LogP contribution < -0.4 is 4.90 Å². The van der Waals surface area contributed by atoms with Crippen LogP contribution in [-0.2, 0) is 42.9 Å². The lowest BCUT2D eigenvalue weighted by atomic mass is 9.72. The van der Waals surface area contributed by atoms with Crippen molar-refractivity contribution in [2.45, 2.75) is 56.1 Å². The molecule has 0 unspecified atom stereocenters. The van der Waals surface area contributed by atoms with Crippen LogP contribution in [0.5, 0.6) is 0 Å². The van der Waals surface area contributed by atoms with Gasteiger partial charge in [0, 0.05) is 36.8 Å². The van der Waals surface area contributed by atoms with Gasteiger partial charge in [0.2, 0.25) is 0 Å². The predicted molar refractivity (Wildman–Crippen MR) is 151 cm³/mol. The Morgan fingerprint density at radius 1 is 0.974 bits per heavy atom. The third-order valence-corrected chi connectivity index (χ3v) is 8.27. The van der Waals surface area contributed by atoms with Crippen molar-refractivity contribution in [3.63, 3.8) is 0 Å². The molecule has 3 aromatic carbocycles. The molecule has 0 saturated carbocycles. The maximum atomic E-state index is 10.7. The molecule has 0 amide bonds. The summed E-state index contributed by atoms with van der Waals surface area (Å²) in [4.78, 5) is 11.6. The largest absolute Gasteiger partial charge is 0.365 e. The fourth-order valence-electron chi connectivity index (χ4n) is 5.92. The fraction of sp³-hybridized carbons (Fsp3) is 0.281. The first-order valence-corrected chi connectivity index (χ1v) is 14.3. The van der Waals surface area contributed by atoms with Gasteiger partial charge in [-0.2, -0.15) is 5.26 Å². The van der Waals surface area contributed by atoms with Crippen molar-refractivity contribution in [1.29, 1.82) is 5.26 Å². The Kier molecular flexibility index (Phi) is 6.88. The molecule has 6 rings (SSSR count). The molecule has 5 nitrogen and oxygen atoms in total. The van der Waals surface area contributed by atoms with Crippen LogP contribution in [0.3, 0.4) is 0 Å². The molecule has 1 spiro atoms. The van der Waals surface area contributed by atoms with E-state index in [9.17, 15) is 5.26 Å². The monoisotopic (exact) mass is 518 g/mol. The number of aryl methyl sites for hydroxylation is 1. The van der Waals surface area contributed by atoms with Gasteiger partial charge in [-0.3, -0.25) is 0 Å². The second kappa shape index (κ2) is 10.6. The summed E-state index contributed by atoms with van der Waals surface area (Å²) >= 11 is 1.56. The van der Waals surface area contributed by atoms with E-state index in [0.29, 0.717) is 26.1 Å². The van der Waals surface area contributed by atoms with Crippen LogP contribution in [0, 0.1) is 11.3 Å². The minimum atomic E-state index is -0.545. The second-order valence-corrected chi connectivity index (χ2v) is 10.8. The first kappa shape index (κ1) is 24.7. The van der Waals surface area contributed by atoms with Crippen molar-refractivity contribution < 1.29 is 4.74 Å². The number of benzene rings is 3. The van der Waals surface area contributed by atoms with Crippen LogP contribution in [0.2, 0.25) is 0 Å². The lowest BCUT2D eigenvalue weighted by Gasteiger charge is -2.43. The average molecular weight is 519 g/mol. The maximum Gasteiger partial charge on any atom is 0.187 e. The summed E-state index contributed by atoms with van der Waals surface area (Å²) in [6.07, 6.45) is 7.44. The lowest BCUT2D eigenvalue weighted by Crippen LogP contribution is -2.41. The van der Waals surface area contributed by atoms with Gasteiger partial charge >= 0.3 is 0 Å². The van der Waals surface area contributed by atoms with Crippen LogP contribution in [0.25, 0.3) is 0 Å². The van der Waals surface area contributed by atoms with Gasteiger partial charge in [-0.05, 0) is 48.3 Å². The predicted octanol–water partition coefficient (Wildman–Crippen LogP) is 6.58. The molecule has 6 heteroatoms. The van der Waals surface area contributed by atoms with Crippen molar-refractivity contribution in [3.8, 4) is 6.07 Å². The third-order valence-electron chi connectivity index (χ3n) is 7.71. The molecule has 1 atom stereocenters. The van der Waals surface area contributed by atoms with Gasteiger partial charge in [-0.25, -0.2) is 9.97 Å². The standard InChI is InChI=1S/C32H30N4OS/c1-38-31-34-19-26-22-37-32(17-28(26)35-31)16-8-13-25-14-15-29(27(18-33)30(25)32)36(20-23-9-4-2-5-10-23)21-24-11-6-3-7-12-24/h2-7,9-12,14-15,19H,8,13,16-17,20-22H2,1H3/t32-/m1/s1. The van der Waals surface area contributed by atoms with Crippen LogP contribution in [0.15, 0.2) is 84.1 Å². The van der Waals surface area contributed by atoms with E-state index in [0.717, 1.165) is 52.5 Å². The van der Waals surface area contributed by atoms with Crippen LogP contribution in [0.4, 0.5) is 5.69 Å². The highest BCUT2D eigenvalue weighted by Gasteiger charge is 2.44. The minimum absolute atomic E-state index is 0.469. The van der Waals surface area contributed by atoms with Crippen molar-refractivity contribution in [1.82, 2.24) is 9.97 Å². The van der Waals surface area contributed by atoms with Crippen LogP contribution >= 0.6 is 11.8 Å². The molecular formula is C32H30N4OS. The lowest BCUT2D eigenvalue weighted by molar-refractivity contribution is -0.0859. The van der Waals surface area contributed by atoms with E-state index >= 15 is 0 Å². The summed E-state index contributed by atoms with van der Waals surface area (Å²) in [6, 6.07) is 28.0. The summed E-state index contributed by atoms with van der Waals surface area (Å²) in [5.41, 5.74) is 7.94. The van der Waals surface area contributed by atoms with Gasteiger partial charge in [0.25, 0.3) is 0 Å². The van der Waals surface area contributed by atoms with E-state index in [1.165, 1.54) is 16.7 Å². The second-order valence-electron chi connectivity index (χ2n) is 10.1. The van der Waals surface area contributed by atoms with Crippen molar-refractivity contribution in [2.24, 2.45) is 0 Å². The number of hydrogen-bond donors (Lipinski definition) is 0. The topological polar surface area (TPSA) is 62.0 Å². The zero-order valence-electron chi connectivity index (χ0n) is 21.6. The summed E-state index contributed by atoms with van der Waals surface area (Å²) in [5, 5.41) is 11.5. The van der Waals surface area contributed by atoms with E-state index < -0.39 is 5.60 Å². The normalized spacial score (nSPS) is 17.9. The molecule has 38 heavy (non-hydrogen) atoms. The van der Waals surface area contributed by atoms with Crippen LogP contribution in [-0.4, -0.2) is 16.2 Å². The Morgan fingerprint density at radius 3 is 2.34 bits per heavy atom. The zero-order valence-corrected chi connectivity index (χ0v) is 22.4. The summed E-state index contributed by atoms with van der Waals surface area (Å²) in [6.45, 7) is 1.89. The molecule has 0 radical (unpaired) electrons.